The second-order valence-corrected chi connectivity index (χ2v) is 6.93. The molecule has 0 bridgehead atoms. The van der Waals surface area contributed by atoms with Crippen molar-refractivity contribution in [2.75, 3.05) is 38.5 Å². The summed E-state index contributed by atoms with van der Waals surface area (Å²) in [6.07, 6.45) is 1.11. The number of hydrogen-bond donors (Lipinski definition) is 1. The molecule has 1 aliphatic heterocycles. The third kappa shape index (κ3) is 3.87. The number of nitrogens with one attached hydrogen (secondary N) is 1. The van der Waals surface area contributed by atoms with Crippen LogP contribution in [-0.2, 0) is 6.54 Å². The summed E-state index contributed by atoms with van der Waals surface area (Å²) in [4.78, 5) is 4.90. The van der Waals surface area contributed by atoms with Crippen molar-refractivity contribution in [2.24, 2.45) is 0 Å². The van der Waals surface area contributed by atoms with Crippen LogP contribution in [0.4, 0.5) is 5.13 Å². The zero-order chi connectivity index (χ0) is 13.9. The van der Waals surface area contributed by atoms with Crippen LogP contribution in [0.3, 0.4) is 0 Å². The van der Waals surface area contributed by atoms with Crippen molar-refractivity contribution in [3.05, 3.63) is 5.01 Å². The molecule has 0 saturated carbocycles. The van der Waals surface area contributed by atoms with E-state index in [0.717, 1.165) is 49.3 Å². The molecule has 0 unspecified atom stereocenters. The van der Waals surface area contributed by atoms with E-state index in [-0.39, 0.29) is 5.54 Å². The smallest absolute Gasteiger partial charge is 0.205 e. The lowest BCUT2D eigenvalue weighted by atomic mass is 10.00. The van der Waals surface area contributed by atoms with Gasteiger partial charge in [-0.1, -0.05) is 18.3 Å². The summed E-state index contributed by atoms with van der Waals surface area (Å²) in [5.41, 5.74) is 0.242. The normalized spacial score (nSPS) is 20.6. The second kappa shape index (κ2) is 6.15. The number of hydrogen-bond acceptors (Lipinski definition) is 6. The van der Waals surface area contributed by atoms with Crippen molar-refractivity contribution in [1.29, 1.82) is 0 Å². The van der Waals surface area contributed by atoms with Crippen LogP contribution >= 0.6 is 11.3 Å². The van der Waals surface area contributed by atoms with Gasteiger partial charge in [-0.25, -0.2) is 0 Å². The van der Waals surface area contributed by atoms with Crippen molar-refractivity contribution in [2.45, 2.75) is 39.3 Å². The Balaban J connectivity index is 1.89. The summed E-state index contributed by atoms with van der Waals surface area (Å²) >= 11 is 1.68. The fraction of sp³-hybridized carbons (Fsp3) is 0.846. The predicted octanol–water partition coefficient (Wildman–Crippen LogP) is 1.89. The van der Waals surface area contributed by atoms with Crippen molar-refractivity contribution in [3.8, 4) is 0 Å². The maximum Gasteiger partial charge on any atom is 0.205 e. The van der Waals surface area contributed by atoms with Gasteiger partial charge in [0, 0.05) is 31.7 Å². The van der Waals surface area contributed by atoms with Gasteiger partial charge < -0.3 is 5.32 Å². The molecule has 0 radical (unpaired) electrons. The first kappa shape index (κ1) is 14.7. The first-order valence-electron chi connectivity index (χ1n) is 7.01. The van der Waals surface area contributed by atoms with Gasteiger partial charge in [-0.3, -0.25) is 9.80 Å². The molecule has 1 aromatic heterocycles. The largest absolute Gasteiger partial charge is 0.360 e. The molecule has 19 heavy (non-hydrogen) atoms. The maximum atomic E-state index is 4.28. The fourth-order valence-electron chi connectivity index (χ4n) is 2.29. The molecule has 108 valence electrons. The molecule has 1 N–H and O–H groups in total. The first-order valence-corrected chi connectivity index (χ1v) is 7.83. The summed E-state index contributed by atoms with van der Waals surface area (Å²) < 4.78 is 0. The predicted molar refractivity (Wildman–Crippen MR) is 80.7 cm³/mol. The SMILES string of the molecule is CCCNc1nnc(CN2CCN(C)C(C)(C)C2)s1. The minimum Gasteiger partial charge on any atom is -0.360 e. The van der Waals surface area contributed by atoms with Gasteiger partial charge in [0.15, 0.2) is 0 Å². The van der Waals surface area contributed by atoms with Gasteiger partial charge in [0.1, 0.15) is 5.01 Å². The van der Waals surface area contributed by atoms with E-state index in [2.05, 4.69) is 53.1 Å². The van der Waals surface area contributed by atoms with E-state index in [0.29, 0.717) is 0 Å². The van der Waals surface area contributed by atoms with Crippen molar-refractivity contribution in [3.63, 3.8) is 0 Å². The van der Waals surface area contributed by atoms with Crippen LogP contribution in [0.2, 0.25) is 0 Å². The number of nitrogens with zero attached hydrogens (tertiary/aromatic N) is 4. The molecule has 1 saturated heterocycles. The van der Waals surface area contributed by atoms with E-state index in [4.69, 9.17) is 0 Å². The minimum atomic E-state index is 0.242. The highest BCUT2D eigenvalue weighted by molar-refractivity contribution is 7.15. The van der Waals surface area contributed by atoms with Gasteiger partial charge in [0.2, 0.25) is 5.13 Å². The standard InChI is InChI=1S/C13H25N5S/c1-5-6-14-12-16-15-11(19-12)9-18-8-7-17(4)13(2,3)10-18/h5-10H2,1-4H3,(H,14,16). The molecule has 1 fully saturated rings. The van der Waals surface area contributed by atoms with E-state index in [1.807, 2.05) is 0 Å². The van der Waals surface area contributed by atoms with Crippen LogP contribution in [-0.4, -0.2) is 58.8 Å². The van der Waals surface area contributed by atoms with E-state index < -0.39 is 0 Å². The quantitative estimate of drug-likeness (QED) is 0.894. The van der Waals surface area contributed by atoms with Gasteiger partial charge >= 0.3 is 0 Å². The van der Waals surface area contributed by atoms with Crippen LogP contribution in [0.5, 0.6) is 0 Å². The number of likely N-dealkylation sites (N-methyl/N-ethyl adjacent to an activating group) is 1. The summed E-state index contributed by atoms with van der Waals surface area (Å²) in [6.45, 7) is 12.0. The number of aromatic nitrogens is 2. The molecule has 2 rings (SSSR count). The van der Waals surface area contributed by atoms with Crippen molar-refractivity contribution < 1.29 is 0 Å². The average molecular weight is 283 g/mol. The topological polar surface area (TPSA) is 44.3 Å². The zero-order valence-electron chi connectivity index (χ0n) is 12.4. The van der Waals surface area contributed by atoms with E-state index >= 15 is 0 Å². The van der Waals surface area contributed by atoms with E-state index in [9.17, 15) is 0 Å². The number of anilines is 1. The van der Waals surface area contributed by atoms with Gasteiger partial charge in [-0.05, 0) is 27.3 Å². The Morgan fingerprint density at radius 2 is 2.11 bits per heavy atom. The highest BCUT2D eigenvalue weighted by Crippen LogP contribution is 2.22. The average Bonchev–Trinajstić information content (AvgIpc) is 2.78. The summed E-state index contributed by atoms with van der Waals surface area (Å²) in [5, 5.41) is 13.8. The monoisotopic (exact) mass is 283 g/mol. The molecule has 5 nitrogen and oxygen atoms in total. The lowest BCUT2D eigenvalue weighted by molar-refractivity contribution is 0.0359. The Morgan fingerprint density at radius 1 is 1.32 bits per heavy atom. The Morgan fingerprint density at radius 3 is 2.79 bits per heavy atom. The molecule has 0 aliphatic carbocycles. The first-order chi connectivity index (χ1) is 9.01. The van der Waals surface area contributed by atoms with Crippen molar-refractivity contribution in [1.82, 2.24) is 20.0 Å². The molecule has 2 heterocycles. The van der Waals surface area contributed by atoms with Crippen LogP contribution in [0.25, 0.3) is 0 Å². The van der Waals surface area contributed by atoms with Gasteiger partial charge in [-0.2, -0.15) is 0 Å². The molecule has 0 atom stereocenters. The lowest BCUT2D eigenvalue weighted by Crippen LogP contribution is -2.57. The Labute approximate surface area is 120 Å². The fourth-order valence-corrected chi connectivity index (χ4v) is 3.10. The molecule has 6 heteroatoms. The van der Waals surface area contributed by atoms with E-state index in [1.54, 1.807) is 11.3 Å². The lowest BCUT2D eigenvalue weighted by Gasteiger charge is -2.45. The van der Waals surface area contributed by atoms with Crippen LogP contribution < -0.4 is 5.32 Å². The molecule has 1 aliphatic rings. The maximum absolute atomic E-state index is 4.28. The van der Waals surface area contributed by atoms with Gasteiger partial charge in [0.05, 0.1) is 6.54 Å². The Hall–Kier alpha value is -0.720. The second-order valence-electron chi connectivity index (χ2n) is 5.87. The molecular formula is C13H25N5S. The van der Waals surface area contributed by atoms with Crippen LogP contribution in [0.15, 0.2) is 0 Å². The van der Waals surface area contributed by atoms with Crippen molar-refractivity contribution >= 4 is 16.5 Å². The molecule has 0 aromatic carbocycles. The molecule has 1 aromatic rings. The third-order valence-electron chi connectivity index (χ3n) is 3.75. The Bertz CT molecular complexity index is 403. The summed E-state index contributed by atoms with van der Waals surface area (Å²) in [7, 11) is 2.20. The van der Waals surface area contributed by atoms with Crippen LogP contribution in [0, 0.1) is 0 Å². The highest BCUT2D eigenvalue weighted by atomic mass is 32.1. The summed E-state index contributed by atoms with van der Waals surface area (Å²) in [5.74, 6) is 0. The van der Waals surface area contributed by atoms with Crippen LogP contribution in [0.1, 0.15) is 32.2 Å². The zero-order valence-corrected chi connectivity index (χ0v) is 13.3. The molecule has 0 amide bonds. The minimum absolute atomic E-state index is 0.242. The highest BCUT2D eigenvalue weighted by Gasteiger charge is 2.31. The Kier molecular flexibility index (Phi) is 4.76. The number of rotatable bonds is 5. The summed E-state index contributed by atoms with van der Waals surface area (Å²) in [6, 6.07) is 0. The van der Waals surface area contributed by atoms with Gasteiger partial charge in [0.25, 0.3) is 0 Å². The van der Waals surface area contributed by atoms with E-state index in [1.165, 1.54) is 0 Å². The molecule has 0 spiro atoms. The number of piperazine rings is 1. The third-order valence-corrected chi connectivity index (χ3v) is 4.61. The molecular weight excluding hydrogens is 258 g/mol. The van der Waals surface area contributed by atoms with Gasteiger partial charge in [-0.15, -0.1) is 10.2 Å².